The molecule has 32 heavy (non-hydrogen) atoms. The van der Waals surface area contributed by atoms with E-state index in [-0.39, 0.29) is 22.2 Å². The highest BCUT2D eigenvalue weighted by Crippen LogP contribution is 2.30. The van der Waals surface area contributed by atoms with Gasteiger partial charge in [0.05, 0.1) is 17.7 Å². The number of carbonyl (C=O) groups excluding carboxylic acids is 1. The fourth-order valence-corrected chi connectivity index (χ4v) is 4.78. The first-order valence-electron chi connectivity index (χ1n) is 9.81. The molecule has 0 bridgehead atoms. The van der Waals surface area contributed by atoms with Crippen molar-refractivity contribution in [2.45, 2.75) is 22.6 Å². The molecule has 0 spiro atoms. The van der Waals surface area contributed by atoms with Gasteiger partial charge in [-0.1, -0.05) is 18.2 Å². The molecule has 0 aliphatic rings. The first kappa shape index (κ1) is 23.6. The van der Waals surface area contributed by atoms with Gasteiger partial charge in [0, 0.05) is 17.0 Å². The maximum Gasteiger partial charge on any atom is 0.262 e. The monoisotopic (exact) mass is 474 g/mol. The van der Waals surface area contributed by atoms with Gasteiger partial charge in [-0.2, -0.15) is 0 Å². The molecule has 9 heteroatoms. The van der Waals surface area contributed by atoms with Crippen molar-refractivity contribution in [2.75, 3.05) is 22.9 Å². The summed E-state index contributed by atoms with van der Waals surface area (Å²) in [6.07, 6.45) is 1.04. The van der Waals surface area contributed by atoms with Crippen LogP contribution in [0.5, 0.6) is 5.75 Å². The molecule has 2 N–H and O–H groups in total. The molecular weight excluding hydrogens is 451 g/mol. The number of hydrogen-bond donors (Lipinski definition) is 2. The van der Waals surface area contributed by atoms with Gasteiger partial charge in [-0.3, -0.25) is 9.52 Å². The summed E-state index contributed by atoms with van der Waals surface area (Å²) in [4.78, 5) is 13.4. The summed E-state index contributed by atoms with van der Waals surface area (Å²) in [5.74, 6) is 0.389. The van der Waals surface area contributed by atoms with E-state index in [1.807, 2.05) is 30.3 Å². The summed E-state index contributed by atoms with van der Waals surface area (Å²) in [6.45, 7) is 0. The zero-order valence-corrected chi connectivity index (χ0v) is 19.0. The lowest BCUT2D eigenvalue weighted by molar-refractivity contribution is -0.116. The van der Waals surface area contributed by atoms with Crippen LogP contribution in [-0.4, -0.2) is 27.2 Å². The third kappa shape index (κ3) is 6.73. The lowest BCUT2D eigenvalue weighted by atomic mass is 10.2. The zero-order chi connectivity index (χ0) is 23.0. The van der Waals surface area contributed by atoms with Gasteiger partial charge in [0.1, 0.15) is 11.6 Å². The maximum atomic E-state index is 13.1. The van der Waals surface area contributed by atoms with Crippen molar-refractivity contribution in [1.29, 1.82) is 0 Å². The van der Waals surface area contributed by atoms with Crippen molar-refractivity contribution in [3.05, 3.63) is 78.6 Å². The molecule has 0 fully saturated rings. The summed E-state index contributed by atoms with van der Waals surface area (Å²) < 4.78 is 46.0. The van der Waals surface area contributed by atoms with Gasteiger partial charge in [-0.15, -0.1) is 11.8 Å². The molecule has 0 saturated heterocycles. The Balaban J connectivity index is 1.61. The number of halogens is 1. The van der Waals surface area contributed by atoms with E-state index < -0.39 is 15.8 Å². The predicted octanol–water partition coefficient (Wildman–Crippen LogP) is 5.15. The molecule has 0 atom stereocenters. The second-order valence-electron chi connectivity index (χ2n) is 6.79. The molecule has 0 aliphatic carbocycles. The van der Waals surface area contributed by atoms with Crippen LogP contribution in [0.2, 0.25) is 0 Å². The Morgan fingerprint density at radius 2 is 1.75 bits per heavy atom. The Bertz CT molecular complexity index is 1150. The number of rotatable bonds is 10. The largest absolute Gasteiger partial charge is 0.495 e. The van der Waals surface area contributed by atoms with E-state index in [2.05, 4.69) is 10.0 Å². The van der Waals surface area contributed by atoms with Crippen LogP contribution in [0.1, 0.15) is 12.8 Å². The molecule has 1 amide bonds. The number of ether oxygens (including phenoxy) is 1. The molecule has 0 heterocycles. The van der Waals surface area contributed by atoms with Crippen molar-refractivity contribution >= 4 is 39.1 Å². The van der Waals surface area contributed by atoms with Crippen LogP contribution in [-0.2, 0) is 14.8 Å². The minimum Gasteiger partial charge on any atom is -0.495 e. The number of benzene rings is 3. The summed E-state index contributed by atoms with van der Waals surface area (Å²) in [5.41, 5.74) is 0.595. The first-order chi connectivity index (χ1) is 15.4. The zero-order valence-electron chi connectivity index (χ0n) is 17.4. The van der Waals surface area contributed by atoms with Gasteiger partial charge in [0.25, 0.3) is 10.0 Å². The highest BCUT2D eigenvalue weighted by molar-refractivity contribution is 7.99. The third-order valence-corrected chi connectivity index (χ3v) is 6.89. The number of methoxy groups -OCH3 is 1. The maximum absolute atomic E-state index is 13.1. The van der Waals surface area contributed by atoms with Crippen molar-refractivity contribution in [1.82, 2.24) is 0 Å². The van der Waals surface area contributed by atoms with Gasteiger partial charge in [-0.25, -0.2) is 12.8 Å². The number of thioether (sulfide) groups is 1. The minimum atomic E-state index is -3.96. The number of hydrogen-bond acceptors (Lipinski definition) is 5. The highest BCUT2D eigenvalue weighted by atomic mass is 32.2. The molecule has 0 saturated carbocycles. The molecule has 0 aliphatic heterocycles. The Kier molecular flexibility index (Phi) is 8.13. The summed E-state index contributed by atoms with van der Waals surface area (Å²) in [7, 11) is -2.55. The fourth-order valence-electron chi connectivity index (χ4n) is 2.85. The van der Waals surface area contributed by atoms with Crippen molar-refractivity contribution in [3.8, 4) is 5.75 Å². The molecule has 0 unspecified atom stereocenters. The van der Waals surface area contributed by atoms with Gasteiger partial charge < -0.3 is 10.1 Å². The average Bonchev–Trinajstić information content (AvgIpc) is 2.78. The summed E-state index contributed by atoms with van der Waals surface area (Å²) in [5, 5.41) is 2.78. The lowest BCUT2D eigenvalue weighted by Gasteiger charge is -2.14. The Morgan fingerprint density at radius 3 is 2.44 bits per heavy atom. The Hall–Kier alpha value is -3.04. The summed E-state index contributed by atoms with van der Waals surface area (Å²) >= 11 is 1.68. The van der Waals surface area contributed by atoms with E-state index in [0.717, 1.165) is 22.8 Å². The minimum absolute atomic E-state index is 0.0914. The molecule has 6 nitrogen and oxygen atoms in total. The van der Waals surface area contributed by atoms with E-state index in [9.17, 15) is 17.6 Å². The first-order valence-corrected chi connectivity index (χ1v) is 12.3. The van der Waals surface area contributed by atoms with Crippen LogP contribution in [0, 0.1) is 5.82 Å². The van der Waals surface area contributed by atoms with Gasteiger partial charge in [-0.05, 0) is 66.8 Å². The van der Waals surface area contributed by atoms with Crippen LogP contribution >= 0.6 is 11.8 Å². The smallest absolute Gasteiger partial charge is 0.262 e. The standard InChI is InChI=1S/C23H23FN2O4S2/c1-30-22-14-11-18(25-23(27)8-5-15-31-19-6-3-2-4-7-19)16-21(22)26-32(28,29)20-12-9-17(24)10-13-20/h2-4,6-7,9-14,16,26H,5,8,15H2,1H3,(H,25,27). The van der Waals surface area contributed by atoms with Gasteiger partial charge >= 0.3 is 0 Å². The second-order valence-corrected chi connectivity index (χ2v) is 9.64. The quantitative estimate of drug-likeness (QED) is 0.314. The SMILES string of the molecule is COc1ccc(NC(=O)CCCSc2ccccc2)cc1NS(=O)(=O)c1ccc(F)cc1. The van der Waals surface area contributed by atoms with Crippen LogP contribution < -0.4 is 14.8 Å². The van der Waals surface area contributed by atoms with Crippen molar-refractivity contribution in [2.24, 2.45) is 0 Å². The molecule has 3 aromatic carbocycles. The Labute approximate surface area is 191 Å². The third-order valence-electron chi connectivity index (χ3n) is 4.41. The van der Waals surface area contributed by atoms with E-state index in [1.54, 1.807) is 23.9 Å². The molecule has 3 rings (SSSR count). The number of sulfonamides is 1. The average molecular weight is 475 g/mol. The number of anilines is 2. The van der Waals surface area contributed by atoms with Crippen LogP contribution in [0.3, 0.4) is 0 Å². The predicted molar refractivity (Wildman–Crippen MR) is 125 cm³/mol. The van der Waals surface area contributed by atoms with Crippen molar-refractivity contribution < 1.29 is 22.3 Å². The summed E-state index contributed by atoms with van der Waals surface area (Å²) in [6, 6.07) is 19.1. The molecule has 0 radical (unpaired) electrons. The number of carbonyl (C=O) groups is 1. The second kappa shape index (κ2) is 11.0. The van der Waals surface area contributed by atoms with E-state index in [4.69, 9.17) is 4.74 Å². The highest BCUT2D eigenvalue weighted by Gasteiger charge is 2.17. The van der Waals surface area contributed by atoms with E-state index in [1.165, 1.54) is 25.3 Å². The van der Waals surface area contributed by atoms with Crippen LogP contribution in [0.25, 0.3) is 0 Å². The van der Waals surface area contributed by atoms with Gasteiger partial charge in [0.15, 0.2) is 0 Å². The fraction of sp³-hybridized carbons (Fsp3) is 0.174. The van der Waals surface area contributed by atoms with E-state index in [0.29, 0.717) is 18.5 Å². The lowest BCUT2D eigenvalue weighted by Crippen LogP contribution is -2.15. The topological polar surface area (TPSA) is 84.5 Å². The van der Waals surface area contributed by atoms with Crippen LogP contribution in [0.15, 0.2) is 82.6 Å². The Morgan fingerprint density at radius 1 is 1.03 bits per heavy atom. The van der Waals surface area contributed by atoms with Crippen LogP contribution in [0.4, 0.5) is 15.8 Å². The molecule has 168 valence electrons. The van der Waals surface area contributed by atoms with Crippen molar-refractivity contribution in [3.63, 3.8) is 0 Å². The number of amides is 1. The normalized spacial score (nSPS) is 11.1. The molecule has 3 aromatic rings. The number of nitrogens with one attached hydrogen (secondary N) is 2. The van der Waals surface area contributed by atoms with Gasteiger partial charge in [0.2, 0.25) is 5.91 Å². The molecule has 0 aromatic heterocycles. The van der Waals surface area contributed by atoms with E-state index >= 15 is 0 Å². The molecular formula is C23H23FN2O4S2.